The average Bonchev–Trinajstić information content (AvgIpc) is 2.82. The van der Waals surface area contributed by atoms with Crippen LogP contribution in [-0.2, 0) is 9.47 Å². The van der Waals surface area contributed by atoms with Crippen LogP contribution in [0.2, 0.25) is 0 Å². The predicted molar refractivity (Wildman–Crippen MR) is 179 cm³/mol. The Kier molecular flexibility index (Phi) is 27.0. The molecule has 3 heteroatoms. The lowest BCUT2D eigenvalue weighted by atomic mass is 9.80. The van der Waals surface area contributed by atoms with E-state index in [1.54, 1.807) is 0 Å². The molecule has 0 aromatic rings. The second-order valence-corrected chi connectivity index (χ2v) is 14.9. The molecule has 0 amide bonds. The molecule has 0 aliphatic rings. The highest BCUT2D eigenvalue weighted by Crippen LogP contribution is 2.30. The van der Waals surface area contributed by atoms with Gasteiger partial charge in [-0.1, -0.05) is 110 Å². The predicted octanol–water partition coefficient (Wildman–Crippen LogP) is 12.1. The van der Waals surface area contributed by atoms with E-state index in [1.807, 2.05) is 0 Å². The Bertz CT molecular complexity index is 485. The van der Waals surface area contributed by atoms with Crippen molar-refractivity contribution in [3.63, 3.8) is 0 Å². The minimum Gasteiger partial charge on any atom is -0.355 e. The molecular formula is C35H71IO2. The highest BCUT2D eigenvalue weighted by Gasteiger charge is 2.18. The number of unbranched alkanes of at least 4 members (excludes halogenated alkanes) is 5. The number of ether oxygens (including phenoxy) is 2. The van der Waals surface area contributed by atoms with E-state index in [4.69, 9.17) is 9.47 Å². The molecule has 0 aromatic heterocycles. The van der Waals surface area contributed by atoms with Gasteiger partial charge < -0.3 is 9.47 Å². The quantitative estimate of drug-likeness (QED) is 0.0363. The molecule has 0 saturated heterocycles. The zero-order valence-electron chi connectivity index (χ0n) is 27.4. The largest absolute Gasteiger partial charge is 0.355 e. The van der Waals surface area contributed by atoms with Gasteiger partial charge >= 0.3 is 0 Å². The van der Waals surface area contributed by atoms with Crippen molar-refractivity contribution in [2.45, 2.75) is 158 Å². The molecule has 0 aromatic carbocycles. The van der Waals surface area contributed by atoms with Gasteiger partial charge in [0.15, 0.2) is 0 Å². The Morgan fingerprint density at radius 1 is 0.447 bits per heavy atom. The highest BCUT2D eigenvalue weighted by molar-refractivity contribution is 14.1. The topological polar surface area (TPSA) is 18.5 Å². The molecule has 7 unspecified atom stereocenters. The maximum absolute atomic E-state index is 5.71. The Morgan fingerprint density at radius 2 is 0.816 bits per heavy atom. The first kappa shape index (κ1) is 38.6. The van der Waals surface area contributed by atoms with Crippen LogP contribution >= 0.6 is 22.6 Å². The molecule has 0 bridgehead atoms. The first-order valence-corrected chi connectivity index (χ1v) is 18.4. The van der Waals surface area contributed by atoms with Gasteiger partial charge in [0.25, 0.3) is 0 Å². The van der Waals surface area contributed by atoms with Gasteiger partial charge in [-0.2, -0.15) is 0 Å². The molecule has 0 rings (SSSR count). The molecule has 0 radical (unpaired) electrons. The second-order valence-electron chi connectivity index (χ2n) is 13.8. The van der Waals surface area contributed by atoms with Crippen LogP contribution in [0.15, 0.2) is 0 Å². The third-order valence-corrected chi connectivity index (χ3v) is 9.22. The van der Waals surface area contributed by atoms with Crippen LogP contribution < -0.4 is 0 Å². The number of alkyl halides is 1. The minimum absolute atomic E-state index is 0.477. The van der Waals surface area contributed by atoms with E-state index in [1.165, 1.54) is 101 Å². The first-order valence-electron chi connectivity index (χ1n) is 16.9. The third-order valence-electron chi connectivity index (χ3n) is 8.45. The average molecular weight is 651 g/mol. The van der Waals surface area contributed by atoms with E-state index in [0.717, 1.165) is 61.1 Å². The molecule has 0 fully saturated rings. The summed E-state index contributed by atoms with van der Waals surface area (Å²) in [4.78, 5) is 0. The van der Waals surface area contributed by atoms with Crippen molar-refractivity contribution >= 4 is 22.6 Å². The van der Waals surface area contributed by atoms with Crippen molar-refractivity contribution in [1.82, 2.24) is 0 Å². The van der Waals surface area contributed by atoms with Crippen LogP contribution in [-0.4, -0.2) is 24.4 Å². The van der Waals surface area contributed by atoms with Gasteiger partial charge in [-0.25, -0.2) is 0 Å². The lowest BCUT2D eigenvalue weighted by molar-refractivity contribution is -0.0561. The van der Waals surface area contributed by atoms with Gasteiger partial charge in [0, 0.05) is 13.2 Å². The SMILES string of the molecule is CCCCCCCCOCOCCCC(C)CC(C)CC(C)CC(C)CC(C)CC(C)CC(C)CCCI. The Hall–Kier alpha value is 0.650. The molecule has 2 nitrogen and oxygen atoms in total. The van der Waals surface area contributed by atoms with Crippen molar-refractivity contribution in [2.75, 3.05) is 24.4 Å². The first-order chi connectivity index (χ1) is 18.2. The summed E-state index contributed by atoms with van der Waals surface area (Å²) < 4.78 is 12.7. The van der Waals surface area contributed by atoms with E-state index >= 15 is 0 Å². The number of hydrogen-bond acceptors (Lipinski definition) is 2. The van der Waals surface area contributed by atoms with Crippen LogP contribution in [0.25, 0.3) is 0 Å². The van der Waals surface area contributed by atoms with Crippen molar-refractivity contribution in [3.05, 3.63) is 0 Å². The summed E-state index contributed by atoms with van der Waals surface area (Å²) in [6.07, 6.45) is 21.5. The van der Waals surface area contributed by atoms with Crippen molar-refractivity contribution < 1.29 is 9.47 Å². The van der Waals surface area contributed by atoms with Crippen molar-refractivity contribution in [3.8, 4) is 0 Å². The summed E-state index contributed by atoms with van der Waals surface area (Å²) in [5.41, 5.74) is 0. The highest BCUT2D eigenvalue weighted by atomic mass is 127. The van der Waals surface area contributed by atoms with Crippen LogP contribution in [0.1, 0.15) is 158 Å². The van der Waals surface area contributed by atoms with Gasteiger partial charge in [-0.3, -0.25) is 0 Å². The fourth-order valence-electron chi connectivity index (χ4n) is 6.96. The van der Waals surface area contributed by atoms with E-state index in [2.05, 4.69) is 78.0 Å². The Labute approximate surface area is 255 Å². The molecule has 0 spiro atoms. The van der Waals surface area contributed by atoms with Gasteiger partial charge in [0.05, 0.1) is 0 Å². The normalized spacial score (nSPS) is 17.6. The van der Waals surface area contributed by atoms with E-state index in [9.17, 15) is 0 Å². The van der Waals surface area contributed by atoms with E-state index < -0.39 is 0 Å². The van der Waals surface area contributed by atoms with Gasteiger partial charge in [0.2, 0.25) is 0 Å². The zero-order chi connectivity index (χ0) is 28.6. The van der Waals surface area contributed by atoms with Crippen LogP contribution in [0.5, 0.6) is 0 Å². The van der Waals surface area contributed by atoms with Gasteiger partial charge in [-0.15, -0.1) is 0 Å². The summed E-state index contributed by atoms with van der Waals surface area (Å²) >= 11 is 2.52. The molecule has 7 atom stereocenters. The van der Waals surface area contributed by atoms with Gasteiger partial charge in [-0.05, 0) is 116 Å². The molecule has 0 N–H and O–H groups in total. The molecule has 230 valence electrons. The minimum atomic E-state index is 0.477. The van der Waals surface area contributed by atoms with Crippen LogP contribution in [0.3, 0.4) is 0 Å². The summed E-state index contributed by atoms with van der Waals surface area (Å²) in [5, 5.41) is 0. The zero-order valence-corrected chi connectivity index (χ0v) is 29.5. The van der Waals surface area contributed by atoms with Crippen molar-refractivity contribution in [1.29, 1.82) is 0 Å². The van der Waals surface area contributed by atoms with Gasteiger partial charge in [0.1, 0.15) is 6.79 Å². The van der Waals surface area contributed by atoms with E-state index in [-0.39, 0.29) is 0 Å². The van der Waals surface area contributed by atoms with Crippen LogP contribution in [0.4, 0.5) is 0 Å². The molecule has 0 aliphatic carbocycles. The number of rotatable bonds is 28. The standard InChI is InChI=1S/C35H71IO2/c1-9-10-11-12-13-14-20-37-28-38-21-16-18-30(3)23-32(5)25-34(7)27-35(8)26-33(6)24-31(4)22-29(2)17-15-19-36/h29-35H,9-28H2,1-8H3. The fraction of sp³-hybridized carbons (Fsp3) is 1.00. The molecule has 0 heterocycles. The van der Waals surface area contributed by atoms with E-state index in [0.29, 0.717) is 6.79 Å². The Balaban J connectivity index is 3.83. The molecule has 0 saturated carbocycles. The Morgan fingerprint density at radius 3 is 1.26 bits per heavy atom. The third kappa shape index (κ3) is 25.6. The summed E-state index contributed by atoms with van der Waals surface area (Å²) in [7, 11) is 0. The smallest absolute Gasteiger partial charge is 0.146 e. The monoisotopic (exact) mass is 650 g/mol. The summed E-state index contributed by atoms with van der Waals surface area (Å²) in [5.74, 6) is 5.96. The molecular weight excluding hydrogens is 579 g/mol. The number of hydrogen-bond donors (Lipinski definition) is 0. The lowest BCUT2D eigenvalue weighted by Gasteiger charge is -2.26. The number of halogens is 1. The lowest BCUT2D eigenvalue weighted by Crippen LogP contribution is -2.14. The fourth-order valence-corrected chi connectivity index (χ4v) is 7.40. The van der Waals surface area contributed by atoms with Crippen LogP contribution in [0, 0.1) is 41.4 Å². The maximum Gasteiger partial charge on any atom is 0.146 e. The molecule has 0 aliphatic heterocycles. The maximum atomic E-state index is 5.71. The summed E-state index contributed by atoms with van der Waals surface area (Å²) in [6, 6.07) is 0. The second kappa shape index (κ2) is 26.5. The molecule has 38 heavy (non-hydrogen) atoms. The summed E-state index contributed by atoms with van der Waals surface area (Å²) in [6.45, 7) is 21.8. The van der Waals surface area contributed by atoms with Crippen molar-refractivity contribution in [2.24, 2.45) is 41.4 Å².